The van der Waals surface area contributed by atoms with Crippen LogP contribution in [0, 0.1) is 5.92 Å². The Kier molecular flexibility index (Phi) is 4.02. The highest BCUT2D eigenvalue weighted by atomic mass is 16.5. The second-order valence-corrected chi connectivity index (χ2v) is 9.70. The Hall–Kier alpha value is -1.83. The minimum atomic E-state index is -0.953. The van der Waals surface area contributed by atoms with Gasteiger partial charge < -0.3 is 25.0 Å². The largest absolute Gasteiger partial charge is 0.504 e. The molecule has 158 valence electrons. The van der Waals surface area contributed by atoms with Crippen LogP contribution in [0.2, 0.25) is 0 Å². The number of hydrogen-bond donors (Lipinski definition) is 4. The van der Waals surface area contributed by atoms with Crippen molar-refractivity contribution in [1.29, 1.82) is 0 Å². The van der Waals surface area contributed by atoms with E-state index < -0.39 is 29.1 Å². The minimum absolute atomic E-state index is 0.00772. The predicted octanol–water partition coefficient (Wildman–Crippen LogP) is 1.24. The Labute approximate surface area is 170 Å². The molecule has 0 radical (unpaired) electrons. The number of nitrogens with one attached hydrogen (secondary N) is 1. The van der Waals surface area contributed by atoms with Crippen LogP contribution in [0.25, 0.3) is 0 Å². The summed E-state index contributed by atoms with van der Waals surface area (Å²) in [5.74, 6) is -0.360. The highest BCUT2D eigenvalue weighted by molar-refractivity contribution is 5.74. The molecule has 4 N–H and O–H groups in total. The first-order valence-corrected chi connectivity index (χ1v) is 10.6. The molecule has 7 heteroatoms. The Balaban J connectivity index is 1.64. The highest BCUT2D eigenvalue weighted by Crippen LogP contribution is 2.65. The van der Waals surface area contributed by atoms with Gasteiger partial charge in [-0.05, 0) is 56.8 Å². The van der Waals surface area contributed by atoms with Gasteiger partial charge in [-0.2, -0.15) is 0 Å². The van der Waals surface area contributed by atoms with Crippen LogP contribution >= 0.6 is 0 Å². The zero-order valence-corrected chi connectivity index (χ0v) is 17.2. The van der Waals surface area contributed by atoms with E-state index in [9.17, 15) is 20.1 Å². The maximum atomic E-state index is 12.1. The molecular formula is C22H30N2O5. The lowest BCUT2D eigenvalue weighted by Crippen LogP contribution is -2.78. The molecule has 4 aliphatic rings. The number of ether oxygens (including phenoxy) is 1. The van der Waals surface area contributed by atoms with Crippen molar-refractivity contribution in [2.24, 2.45) is 5.92 Å². The van der Waals surface area contributed by atoms with E-state index in [2.05, 4.69) is 17.3 Å². The number of likely N-dealkylation sites (tertiary alicyclic amines) is 1. The number of rotatable bonds is 4. The molecule has 2 aliphatic carbocycles. The highest BCUT2D eigenvalue weighted by Gasteiger charge is 2.72. The smallest absolute Gasteiger partial charge is 0.320 e. The molecule has 6 atom stereocenters. The molecule has 29 heavy (non-hydrogen) atoms. The van der Waals surface area contributed by atoms with Crippen LogP contribution in [0.15, 0.2) is 12.1 Å². The van der Waals surface area contributed by atoms with E-state index in [0.717, 1.165) is 30.5 Å². The molecule has 2 fully saturated rings. The average molecular weight is 402 g/mol. The summed E-state index contributed by atoms with van der Waals surface area (Å²) in [6.07, 6.45) is 2.27. The number of piperidine rings is 1. The number of benzene rings is 1. The van der Waals surface area contributed by atoms with Crippen molar-refractivity contribution in [3.63, 3.8) is 0 Å². The summed E-state index contributed by atoms with van der Waals surface area (Å²) in [6, 6.07) is 2.73. The van der Waals surface area contributed by atoms with E-state index in [1.807, 2.05) is 19.9 Å². The Morgan fingerprint density at radius 2 is 2.10 bits per heavy atom. The lowest BCUT2D eigenvalue weighted by Gasteiger charge is -2.63. The molecule has 0 aromatic heterocycles. The first kappa shape index (κ1) is 19.2. The molecule has 0 amide bonds. The second-order valence-electron chi connectivity index (χ2n) is 9.70. The Morgan fingerprint density at radius 3 is 2.79 bits per heavy atom. The average Bonchev–Trinajstić information content (AvgIpc) is 3.01. The molecule has 2 aliphatic heterocycles. The summed E-state index contributed by atoms with van der Waals surface area (Å²) in [7, 11) is 2.07. The molecule has 5 rings (SSSR count). The van der Waals surface area contributed by atoms with Gasteiger partial charge in [0.25, 0.3) is 0 Å². The zero-order valence-electron chi connectivity index (χ0n) is 17.2. The van der Waals surface area contributed by atoms with Gasteiger partial charge in [0.1, 0.15) is 12.1 Å². The number of carbonyl (C=O) groups is 1. The van der Waals surface area contributed by atoms with Crippen LogP contribution in [-0.2, 0) is 16.6 Å². The molecular weight excluding hydrogens is 372 g/mol. The van der Waals surface area contributed by atoms with Crippen molar-refractivity contribution >= 4 is 5.97 Å². The fraction of sp³-hybridized carbons (Fsp3) is 0.682. The SMILES string of the molecule is CC(C)[C@@H](N[C@@H]1CC[C@@]2(O)[C@H]3Cc4ccc(O)c5c4[C@@]2(CCN3C)[C@H]1O5)C(=O)O. The van der Waals surface area contributed by atoms with Crippen molar-refractivity contribution in [3.05, 3.63) is 23.3 Å². The minimum Gasteiger partial charge on any atom is -0.504 e. The van der Waals surface area contributed by atoms with Crippen molar-refractivity contribution in [2.45, 2.75) is 74.8 Å². The standard InChI is InChI=1S/C22H30N2O5/c1-11(2)17(20(26)27)23-13-6-7-22(28)15-10-12-4-5-14(25)18-16(12)21(22,19(13)29-18)8-9-24(15)3/h4-5,11,13,15,17,19,23,25,28H,6-10H2,1-3H3,(H,26,27)/t13-,15-,17-,19+,21+,22-/m1/s1. The van der Waals surface area contributed by atoms with Gasteiger partial charge in [0, 0.05) is 17.6 Å². The fourth-order valence-electron chi connectivity index (χ4n) is 6.70. The quantitative estimate of drug-likeness (QED) is 0.601. The van der Waals surface area contributed by atoms with Crippen LogP contribution in [-0.4, -0.2) is 69.6 Å². The van der Waals surface area contributed by atoms with Crippen LogP contribution in [0.5, 0.6) is 11.5 Å². The molecule has 1 saturated heterocycles. The summed E-state index contributed by atoms with van der Waals surface area (Å²) < 4.78 is 6.40. The van der Waals surface area contributed by atoms with E-state index in [-0.39, 0.29) is 23.8 Å². The Morgan fingerprint density at radius 1 is 1.34 bits per heavy atom. The molecule has 1 spiro atoms. The van der Waals surface area contributed by atoms with E-state index >= 15 is 0 Å². The summed E-state index contributed by atoms with van der Waals surface area (Å²) in [4.78, 5) is 14.1. The van der Waals surface area contributed by atoms with Gasteiger partial charge in [-0.15, -0.1) is 0 Å². The maximum absolute atomic E-state index is 12.1. The van der Waals surface area contributed by atoms with E-state index in [4.69, 9.17) is 4.74 Å². The fourth-order valence-corrected chi connectivity index (χ4v) is 6.70. The number of aliphatic carboxylic acids is 1. The topological polar surface area (TPSA) is 102 Å². The molecule has 7 nitrogen and oxygen atoms in total. The van der Waals surface area contributed by atoms with Gasteiger partial charge >= 0.3 is 5.97 Å². The molecule has 2 bridgehead atoms. The lowest BCUT2D eigenvalue weighted by molar-refractivity contribution is -0.188. The van der Waals surface area contributed by atoms with Gasteiger partial charge in [-0.1, -0.05) is 19.9 Å². The summed E-state index contributed by atoms with van der Waals surface area (Å²) in [6.45, 7) is 4.62. The summed E-state index contributed by atoms with van der Waals surface area (Å²) in [5.41, 5.74) is 0.505. The van der Waals surface area contributed by atoms with Crippen LogP contribution in [0.4, 0.5) is 0 Å². The predicted molar refractivity (Wildman–Crippen MR) is 106 cm³/mol. The monoisotopic (exact) mass is 402 g/mol. The van der Waals surface area contributed by atoms with Crippen LogP contribution in [0.1, 0.15) is 44.2 Å². The Bertz CT molecular complexity index is 873. The van der Waals surface area contributed by atoms with Gasteiger partial charge in [-0.3, -0.25) is 10.1 Å². The maximum Gasteiger partial charge on any atom is 0.320 e. The van der Waals surface area contributed by atoms with E-state index in [0.29, 0.717) is 18.6 Å². The second kappa shape index (κ2) is 6.09. The number of likely N-dealkylation sites (N-methyl/N-ethyl adjacent to an activating group) is 1. The van der Waals surface area contributed by atoms with Gasteiger partial charge in [0.05, 0.1) is 11.0 Å². The van der Waals surface area contributed by atoms with E-state index in [1.54, 1.807) is 6.07 Å². The van der Waals surface area contributed by atoms with Gasteiger partial charge in [0.2, 0.25) is 0 Å². The van der Waals surface area contributed by atoms with Crippen LogP contribution in [0.3, 0.4) is 0 Å². The number of aliphatic hydroxyl groups is 1. The van der Waals surface area contributed by atoms with Crippen molar-refractivity contribution in [2.75, 3.05) is 13.6 Å². The number of carboxylic acids is 1. The normalized spacial score (nSPS) is 38.4. The number of phenolic OH excluding ortho intramolecular Hbond substituents is 1. The van der Waals surface area contributed by atoms with Crippen molar-refractivity contribution in [1.82, 2.24) is 10.2 Å². The zero-order chi connectivity index (χ0) is 20.7. The number of phenols is 1. The number of carboxylic acid groups (broad SMARTS) is 1. The molecule has 1 aromatic carbocycles. The molecule has 1 saturated carbocycles. The van der Waals surface area contributed by atoms with Gasteiger partial charge in [0.15, 0.2) is 11.5 Å². The summed E-state index contributed by atoms with van der Waals surface area (Å²) in [5, 5.41) is 35.7. The number of nitrogens with zero attached hydrogens (tertiary/aromatic N) is 1. The summed E-state index contributed by atoms with van der Waals surface area (Å²) >= 11 is 0. The third-order valence-corrected chi connectivity index (χ3v) is 8.06. The molecule has 1 aromatic rings. The third kappa shape index (κ3) is 2.26. The molecule has 0 unspecified atom stereocenters. The molecule has 2 heterocycles. The van der Waals surface area contributed by atoms with Crippen molar-refractivity contribution < 1.29 is 24.9 Å². The first-order valence-electron chi connectivity index (χ1n) is 10.6. The number of hydrogen-bond acceptors (Lipinski definition) is 6. The van der Waals surface area contributed by atoms with Gasteiger partial charge in [-0.25, -0.2) is 0 Å². The van der Waals surface area contributed by atoms with Crippen LogP contribution < -0.4 is 10.1 Å². The van der Waals surface area contributed by atoms with E-state index in [1.165, 1.54) is 0 Å². The lowest BCUT2D eigenvalue weighted by atomic mass is 9.48. The first-order chi connectivity index (χ1) is 13.7. The van der Waals surface area contributed by atoms with Crippen molar-refractivity contribution in [3.8, 4) is 11.5 Å². The third-order valence-electron chi connectivity index (χ3n) is 8.06. The number of aromatic hydroxyl groups is 1.